The van der Waals surface area contributed by atoms with Crippen LogP contribution in [0.25, 0.3) is 11.0 Å². The molecular formula is C16H19NO3. The van der Waals surface area contributed by atoms with Gasteiger partial charge in [-0.3, -0.25) is 9.69 Å². The van der Waals surface area contributed by atoms with Crippen molar-refractivity contribution < 1.29 is 13.9 Å². The molecule has 1 aromatic heterocycles. The van der Waals surface area contributed by atoms with Crippen LogP contribution in [0.2, 0.25) is 0 Å². The van der Waals surface area contributed by atoms with Crippen LogP contribution in [0.3, 0.4) is 0 Å². The Morgan fingerprint density at radius 2 is 2.15 bits per heavy atom. The average molecular weight is 273 g/mol. The summed E-state index contributed by atoms with van der Waals surface area (Å²) >= 11 is 0. The first kappa shape index (κ1) is 13.3. The molecule has 0 aliphatic carbocycles. The number of carbonyl (C=O) groups is 1. The molecule has 0 N–H and O–H groups in total. The second-order valence-corrected chi connectivity index (χ2v) is 5.49. The molecule has 2 aromatic rings. The number of para-hydroxylation sites is 1. The van der Waals surface area contributed by atoms with E-state index in [2.05, 4.69) is 11.8 Å². The number of benzene rings is 1. The van der Waals surface area contributed by atoms with Gasteiger partial charge in [0.05, 0.1) is 24.8 Å². The van der Waals surface area contributed by atoms with Crippen molar-refractivity contribution in [1.29, 1.82) is 0 Å². The lowest BCUT2D eigenvalue weighted by molar-refractivity contribution is -0.0460. The monoisotopic (exact) mass is 273 g/mol. The molecule has 106 valence electrons. The zero-order valence-corrected chi connectivity index (χ0v) is 11.8. The number of nitrogens with zero attached hydrogens (tertiary/aromatic N) is 1. The summed E-state index contributed by atoms with van der Waals surface area (Å²) in [6, 6.07) is 7.91. The van der Waals surface area contributed by atoms with E-state index in [1.54, 1.807) is 6.26 Å². The molecule has 4 nitrogen and oxygen atoms in total. The maximum Gasteiger partial charge on any atom is 0.180 e. The first-order valence-corrected chi connectivity index (χ1v) is 7.00. The van der Waals surface area contributed by atoms with E-state index in [0.717, 1.165) is 17.5 Å². The van der Waals surface area contributed by atoms with Crippen LogP contribution in [-0.2, 0) is 4.74 Å². The van der Waals surface area contributed by atoms with Crippen molar-refractivity contribution in [1.82, 2.24) is 4.90 Å². The van der Waals surface area contributed by atoms with Gasteiger partial charge in [-0.05, 0) is 19.9 Å². The van der Waals surface area contributed by atoms with Crippen molar-refractivity contribution in [3.8, 4) is 0 Å². The van der Waals surface area contributed by atoms with Gasteiger partial charge in [0, 0.05) is 18.0 Å². The highest BCUT2D eigenvalue weighted by molar-refractivity contribution is 6.08. The summed E-state index contributed by atoms with van der Waals surface area (Å²) in [4.78, 5) is 14.7. The topological polar surface area (TPSA) is 42.7 Å². The lowest BCUT2D eigenvalue weighted by Crippen LogP contribution is -2.49. The molecule has 2 heterocycles. The fourth-order valence-electron chi connectivity index (χ4n) is 2.66. The van der Waals surface area contributed by atoms with E-state index in [4.69, 9.17) is 9.15 Å². The smallest absolute Gasteiger partial charge is 0.180 e. The number of furan rings is 1. The number of ketones is 1. The van der Waals surface area contributed by atoms with Crippen LogP contribution in [0, 0.1) is 0 Å². The van der Waals surface area contributed by atoms with Crippen LogP contribution in [0.4, 0.5) is 0 Å². The number of hydrogen-bond donors (Lipinski definition) is 0. The van der Waals surface area contributed by atoms with E-state index >= 15 is 0 Å². The minimum Gasteiger partial charge on any atom is -0.464 e. The molecule has 1 aromatic carbocycles. The maximum atomic E-state index is 12.5. The molecule has 0 bridgehead atoms. The molecule has 20 heavy (non-hydrogen) atoms. The zero-order chi connectivity index (χ0) is 14.1. The largest absolute Gasteiger partial charge is 0.464 e. The van der Waals surface area contributed by atoms with Crippen molar-refractivity contribution in [3.63, 3.8) is 0 Å². The van der Waals surface area contributed by atoms with Crippen LogP contribution >= 0.6 is 0 Å². The second kappa shape index (κ2) is 5.38. The Kier molecular flexibility index (Phi) is 3.59. The van der Waals surface area contributed by atoms with E-state index in [-0.39, 0.29) is 17.9 Å². The first-order chi connectivity index (χ1) is 9.65. The molecule has 4 heteroatoms. The molecule has 1 fully saturated rings. The van der Waals surface area contributed by atoms with Crippen molar-refractivity contribution >= 4 is 16.8 Å². The fourth-order valence-corrected chi connectivity index (χ4v) is 2.66. The Hall–Kier alpha value is -1.65. The number of hydrogen-bond acceptors (Lipinski definition) is 4. The SMILES string of the molecule is CC1CN(CC(=O)c2coc3ccccc23)C(C)CO1. The van der Waals surface area contributed by atoms with Gasteiger partial charge in [-0.15, -0.1) is 0 Å². The van der Waals surface area contributed by atoms with Crippen LogP contribution in [0.5, 0.6) is 0 Å². The van der Waals surface area contributed by atoms with Gasteiger partial charge in [-0.1, -0.05) is 18.2 Å². The summed E-state index contributed by atoms with van der Waals surface area (Å²) in [5, 5.41) is 0.895. The predicted octanol–water partition coefficient (Wildman–Crippen LogP) is 2.72. The van der Waals surface area contributed by atoms with Crippen molar-refractivity contribution in [2.75, 3.05) is 19.7 Å². The Morgan fingerprint density at radius 1 is 1.35 bits per heavy atom. The lowest BCUT2D eigenvalue weighted by atomic mass is 10.1. The molecule has 1 aliphatic heterocycles. The molecule has 1 saturated heterocycles. The normalized spacial score (nSPS) is 24.1. The number of fused-ring (bicyclic) bond motifs is 1. The van der Waals surface area contributed by atoms with Gasteiger partial charge in [0.15, 0.2) is 5.78 Å². The highest BCUT2D eigenvalue weighted by atomic mass is 16.5. The molecule has 3 rings (SSSR count). The predicted molar refractivity (Wildman–Crippen MR) is 77.0 cm³/mol. The highest BCUT2D eigenvalue weighted by Gasteiger charge is 2.26. The maximum absolute atomic E-state index is 12.5. The Bertz CT molecular complexity index is 619. The third-order valence-electron chi connectivity index (χ3n) is 3.86. The molecule has 1 aliphatic rings. The number of carbonyl (C=O) groups excluding carboxylic acids is 1. The highest BCUT2D eigenvalue weighted by Crippen LogP contribution is 2.22. The summed E-state index contributed by atoms with van der Waals surface area (Å²) in [6.07, 6.45) is 1.75. The van der Waals surface area contributed by atoms with Gasteiger partial charge in [-0.2, -0.15) is 0 Å². The van der Waals surface area contributed by atoms with Gasteiger partial charge in [0.2, 0.25) is 0 Å². The average Bonchev–Trinajstić information content (AvgIpc) is 2.87. The molecule has 0 spiro atoms. The number of rotatable bonds is 3. The summed E-state index contributed by atoms with van der Waals surface area (Å²) in [6.45, 7) is 6.02. The van der Waals surface area contributed by atoms with E-state index < -0.39 is 0 Å². The van der Waals surface area contributed by atoms with Gasteiger partial charge in [-0.25, -0.2) is 0 Å². The van der Waals surface area contributed by atoms with Gasteiger partial charge >= 0.3 is 0 Å². The molecule has 0 saturated carbocycles. The van der Waals surface area contributed by atoms with Gasteiger partial charge < -0.3 is 9.15 Å². The second-order valence-electron chi connectivity index (χ2n) is 5.49. The third-order valence-corrected chi connectivity index (χ3v) is 3.86. The number of ether oxygens (including phenoxy) is 1. The number of morpholine rings is 1. The Balaban J connectivity index is 1.79. The fraction of sp³-hybridized carbons (Fsp3) is 0.438. The van der Waals surface area contributed by atoms with E-state index in [0.29, 0.717) is 18.7 Å². The minimum atomic E-state index is 0.107. The molecule has 0 amide bonds. The standard InChI is InChI=1S/C16H19NO3/c1-11-9-19-12(2)7-17(11)8-15(18)14-10-20-16-6-4-3-5-13(14)16/h3-6,10-12H,7-9H2,1-2H3. The third kappa shape index (κ3) is 2.49. The van der Waals surface area contributed by atoms with Gasteiger partial charge in [0.25, 0.3) is 0 Å². The lowest BCUT2D eigenvalue weighted by Gasteiger charge is -2.36. The zero-order valence-electron chi connectivity index (χ0n) is 11.8. The van der Waals surface area contributed by atoms with Crippen molar-refractivity contribution in [2.45, 2.75) is 26.0 Å². The quantitative estimate of drug-likeness (QED) is 0.806. The summed E-state index contributed by atoms with van der Waals surface area (Å²) in [5.41, 5.74) is 1.44. The van der Waals surface area contributed by atoms with Crippen LogP contribution in [0.1, 0.15) is 24.2 Å². The van der Waals surface area contributed by atoms with Crippen LogP contribution in [-0.4, -0.2) is 42.5 Å². The molecule has 0 radical (unpaired) electrons. The Morgan fingerprint density at radius 3 is 3.00 bits per heavy atom. The minimum absolute atomic E-state index is 0.107. The van der Waals surface area contributed by atoms with Crippen LogP contribution < -0.4 is 0 Å². The van der Waals surface area contributed by atoms with E-state index in [1.807, 2.05) is 31.2 Å². The summed E-state index contributed by atoms with van der Waals surface area (Å²) < 4.78 is 11.0. The molecule has 2 atom stereocenters. The number of Topliss-reactive ketones (excluding diaryl/α,β-unsaturated/α-hetero) is 1. The first-order valence-electron chi connectivity index (χ1n) is 7.00. The van der Waals surface area contributed by atoms with E-state index in [9.17, 15) is 4.79 Å². The summed E-state index contributed by atoms with van der Waals surface area (Å²) in [7, 11) is 0. The van der Waals surface area contributed by atoms with Crippen molar-refractivity contribution in [3.05, 3.63) is 36.1 Å². The van der Waals surface area contributed by atoms with E-state index in [1.165, 1.54) is 0 Å². The van der Waals surface area contributed by atoms with Crippen molar-refractivity contribution in [2.24, 2.45) is 0 Å². The molecule has 2 unspecified atom stereocenters. The van der Waals surface area contributed by atoms with Gasteiger partial charge in [0.1, 0.15) is 11.8 Å². The Labute approximate surface area is 118 Å². The summed E-state index contributed by atoms with van der Waals surface area (Å²) in [5.74, 6) is 0.107. The van der Waals surface area contributed by atoms with Crippen LogP contribution in [0.15, 0.2) is 34.9 Å². The molecular weight excluding hydrogens is 254 g/mol.